The summed E-state index contributed by atoms with van der Waals surface area (Å²) in [7, 11) is -3.70. The summed E-state index contributed by atoms with van der Waals surface area (Å²) in [6.45, 7) is 3.51. The molecular formula is C6H8Cl2N2O2S2. The van der Waals surface area contributed by atoms with Gasteiger partial charge in [0.25, 0.3) is 13.7 Å². The van der Waals surface area contributed by atoms with E-state index >= 15 is 0 Å². The highest BCUT2D eigenvalue weighted by Crippen LogP contribution is 2.40. The van der Waals surface area contributed by atoms with Crippen molar-refractivity contribution in [2.75, 3.05) is 6.54 Å². The second kappa shape index (κ2) is 4.32. The molecule has 0 fully saturated rings. The molecule has 0 aromatic heterocycles. The monoisotopic (exact) mass is 274 g/mol. The maximum atomic E-state index is 11.6. The molecule has 1 unspecified atom stereocenters. The van der Waals surface area contributed by atoms with E-state index in [-0.39, 0.29) is 11.7 Å². The van der Waals surface area contributed by atoms with Crippen LogP contribution in [-0.2, 0) is 10.0 Å². The summed E-state index contributed by atoms with van der Waals surface area (Å²) < 4.78 is 23.8. The van der Waals surface area contributed by atoms with Gasteiger partial charge in [-0.2, -0.15) is 0 Å². The first-order chi connectivity index (χ1) is 6.41. The maximum absolute atomic E-state index is 11.6. The van der Waals surface area contributed by atoms with Crippen LogP contribution in [0.5, 0.6) is 0 Å². The van der Waals surface area contributed by atoms with Gasteiger partial charge in [0.05, 0.1) is 0 Å². The molecule has 14 heavy (non-hydrogen) atoms. The molecule has 0 radical (unpaired) electrons. The van der Waals surface area contributed by atoms with E-state index in [0.717, 1.165) is 11.8 Å². The van der Waals surface area contributed by atoms with Crippen LogP contribution in [0.15, 0.2) is 23.2 Å². The van der Waals surface area contributed by atoms with Crippen molar-refractivity contribution in [2.45, 2.75) is 3.66 Å². The molecule has 0 aromatic rings. The molecule has 1 rings (SSSR count). The summed E-state index contributed by atoms with van der Waals surface area (Å²) in [6, 6.07) is 0. The number of thioether (sulfide) groups is 1. The number of hydrogen-bond donors (Lipinski definition) is 2. The number of hydrogen-bond acceptors (Lipinski definition) is 4. The van der Waals surface area contributed by atoms with Gasteiger partial charge in [0.2, 0.25) is 0 Å². The molecule has 8 heteroatoms. The molecule has 1 aliphatic rings. The van der Waals surface area contributed by atoms with Gasteiger partial charge in [-0.1, -0.05) is 41.0 Å². The lowest BCUT2D eigenvalue weighted by Gasteiger charge is -2.21. The van der Waals surface area contributed by atoms with Gasteiger partial charge in [-0.05, 0) is 0 Å². The fraction of sp³-hybridized carbons (Fsp3) is 0.333. The van der Waals surface area contributed by atoms with E-state index in [0.29, 0.717) is 0 Å². The number of rotatable bonds is 4. The summed E-state index contributed by atoms with van der Waals surface area (Å²) in [5.74, 6) is 0. The zero-order chi connectivity index (χ0) is 10.8. The maximum Gasteiger partial charge on any atom is 0.281 e. The van der Waals surface area contributed by atoms with E-state index in [4.69, 9.17) is 23.2 Å². The smallest absolute Gasteiger partial charge is 0.281 e. The Bertz CT molecular complexity index is 368. The summed E-state index contributed by atoms with van der Waals surface area (Å²) in [5.41, 5.74) is 0. The Morgan fingerprint density at radius 3 is 2.86 bits per heavy atom. The van der Waals surface area contributed by atoms with Crippen molar-refractivity contribution >= 4 is 45.0 Å². The van der Waals surface area contributed by atoms with Crippen LogP contribution in [0.25, 0.3) is 0 Å². The minimum absolute atomic E-state index is 0.122. The third kappa shape index (κ3) is 2.38. The molecular weight excluding hydrogens is 267 g/mol. The van der Waals surface area contributed by atoms with Crippen LogP contribution in [0, 0.1) is 0 Å². The van der Waals surface area contributed by atoms with Crippen LogP contribution in [-0.4, -0.2) is 18.6 Å². The lowest BCUT2D eigenvalue weighted by atomic mass is 10.7. The normalized spacial score (nSPS) is 26.9. The number of alkyl halides is 1. The van der Waals surface area contributed by atoms with Gasteiger partial charge in [0.1, 0.15) is 5.16 Å². The lowest BCUT2D eigenvalue weighted by Crippen LogP contribution is -2.46. The molecule has 2 N–H and O–H groups in total. The van der Waals surface area contributed by atoms with Crippen molar-refractivity contribution in [3.63, 3.8) is 0 Å². The molecule has 80 valence electrons. The van der Waals surface area contributed by atoms with Gasteiger partial charge in [-0.15, -0.1) is 6.58 Å². The first-order valence-electron chi connectivity index (χ1n) is 3.52. The quantitative estimate of drug-likeness (QED) is 0.461. The average molecular weight is 275 g/mol. The highest BCUT2D eigenvalue weighted by molar-refractivity contribution is 8.17. The highest BCUT2D eigenvalue weighted by atomic mass is 35.5. The number of nitrogens with one attached hydrogen (secondary N) is 2. The van der Waals surface area contributed by atoms with Crippen LogP contribution < -0.4 is 10.0 Å². The third-order valence-electron chi connectivity index (χ3n) is 1.35. The molecule has 0 amide bonds. The van der Waals surface area contributed by atoms with Crippen LogP contribution in [0.3, 0.4) is 0 Å². The zero-order valence-corrected chi connectivity index (χ0v) is 10.1. The Morgan fingerprint density at radius 2 is 2.43 bits per heavy atom. The summed E-state index contributed by atoms with van der Waals surface area (Å²) in [4.78, 5) is 0. The van der Waals surface area contributed by atoms with Gasteiger partial charge in [0, 0.05) is 12.0 Å². The number of halogens is 2. The van der Waals surface area contributed by atoms with E-state index in [2.05, 4.69) is 16.6 Å². The lowest BCUT2D eigenvalue weighted by molar-refractivity contribution is 0.573. The Kier molecular flexibility index (Phi) is 3.76. The van der Waals surface area contributed by atoms with E-state index in [1.54, 1.807) is 0 Å². The fourth-order valence-corrected chi connectivity index (χ4v) is 3.63. The predicted molar refractivity (Wildman–Crippen MR) is 60.4 cm³/mol. The zero-order valence-electron chi connectivity index (χ0n) is 6.96. The van der Waals surface area contributed by atoms with Gasteiger partial charge in [-0.3, -0.25) is 0 Å². The molecule has 1 heterocycles. The summed E-state index contributed by atoms with van der Waals surface area (Å²) in [5, 5.41) is 4.08. The second-order valence-corrected chi connectivity index (χ2v) is 7.06. The molecule has 0 saturated heterocycles. The molecule has 4 nitrogen and oxygen atoms in total. The van der Waals surface area contributed by atoms with Crippen LogP contribution >= 0.6 is 35.0 Å². The van der Waals surface area contributed by atoms with E-state index in [9.17, 15) is 8.42 Å². The highest BCUT2D eigenvalue weighted by Gasteiger charge is 2.45. The number of sulfonamides is 1. The predicted octanol–water partition coefficient (Wildman–Crippen LogP) is 1.32. The van der Waals surface area contributed by atoms with E-state index in [1.807, 2.05) is 0 Å². The van der Waals surface area contributed by atoms with Crippen LogP contribution in [0.2, 0.25) is 0 Å². The SMILES string of the molecule is C=CCNS(=O)(=O)C1(Cl)NC(Cl)=CS1. The van der Waals surface area contributed by atoms with Crippen LogP contribution in [0.4, 0.5) is 0 Å². The Balaban J connectivity index is 2.78. The fourth-order valence-electron chi connectivity index (χ4n) is 0.721. The van der Waals surface area contributed by atoms with E-state index in [1.165, 1.54) is 11.5 Å². The molecule has 0 aliphatic carbocycles. The van der Waals surface area contributed by atoms with Gasteiger partial charge < -0.3 is 5.32 Å². The summed E-state index contributed by atoms with van der Waals surface area (Å²) in [6.07, 6.45) is 1.42. The summed E-state index contributed by atoms with van der Waals surface area (Å²) >= 11 is 12.3. The molecule has 0 spiro atoms. The van der Waals surface area contributed by atoms with Crippen molar-refractivity contribution in [3.8, 4) is 0 Å². The average Bonchev–Trinajstić information content (AvgIpc) is 2.44. The Morgan fingerprint density at radius 1 is 1.79 bits per heavy atom. The van der Waals surface area contributed by atoms with Crippen molar-refractivity contribution in [2.24, 2.45) is 0 Å². The molecule has 0 aromatic carbocycles. The molecule has 1 atom stereocenters. The third-order valence-corrected chi connectivity index (χ3v) is 5.70. The topological polar surface area (TPSA) is 58.2 Å². The van der Waals surface area contributed by atoms with Crippen molar-refractivity contribution in [1.29, 1.82) is 0 Å². The molecule has 0 bridgehead atoms. The van der Waals surface area contributed by atoms with Crippen molar-refractivity contribution < 1.29 is 8.42 Å². The second-order valence-electron chi connectivity index (χ2n) is 2.39. The van der Waals surface area contributed by atoms with Crippen molar-refractivity contribution in [3.05, 3.63) is 23.2 Å². The molecule has 1 aliphatic heterocycles. The standard InChI is InChI=1S/C6H8Cl2N2O2S2/c1-2-3-9-14(11,12)6(8)10-5(7)4-13-6/h2,4,9-10H,1,3H2. The van der Waals surface area contributed by atoms with Gasteiger partial charge in [0.15, 0.2) is 0 Å². The minimum atomic E-state index is -3.70. The first-order valence-corrected chi connectivity index (χ1v) is 6.64. The largest absolute Gasteiger partial charge is 0.335 e. The van der Waals surface area contributed by atoms with Crippen molar-refractivity contribution in [1.82, 2.24) is 10.0 Å². The van der Waals surface area contributed by atoms with Crippen LogP contribution in [0.1, 0.15) is 0 Å². The van der Waals surface area contributed by atoms with Gasteiger partial charge >= 0.3 is 0 Å². The Labute approximate surface area is 96.8 Å². The van der Waals surface area contributed by atoms with Gasteiger partial charge in [-0.25, -0.2) is 13.1 Å². The molecule has 0 saturated carbocycles. The first kappa shape index (κ1) is 12.2. The Hall–Kier alpha value is 0.120. The van der Waals surface area contributed by atoms with E-state index < -0.39 is 13.7 Å². The minimum Gasteiger partial charge on any atom is -0.335 e.